The summed E-state index contributed by atoms with van der Waals surface area (Å²) >= 11 is 0. The van der Waals surface area contributed by atoms with Crippen molar-refractivity contribution in [3.63, 3.8) is 0 Å². The summed E-state index contributed by atoms with van der Waals surface area (Å²) in [6.07, 6.45) is 3.90. The molecule has 0 spiro atoms. The second kappa shape index (κ2) is 5.94. The summed E-state index contributed by atoms with van der Waals surface area (Å²) < 4.78 is 27.6. The van der Waals surface area contributed by atoms with Gasteiger partial charge in [0.25, 0.3) is 0 Å². The zero-order valence-corrected chi connectivity index (χ0v) is 13.1. The molecule has 0 bridgehead atoms. The van der Waals surface area contributed by atoms with Crippen molar-refractivity contribution < 1.29 is 8.42 Å². The third-order valence-electron chi connectivity index (χ3n) is 4.06. The molecule has 21 heavy (non-hydrogen) atoms. The quantitative estimate of drug-likeness (QED) is 0.774. The third kappa shape index (κ3) is 3.75. The molecule has 1 saturated carbocycles. The molecule has 0 amide bonds. The molecule has 0 aromatic heterocycles. The van der Waals surface area contributed by atoms with Crippen molar-refractivity contribution in [2.24, 2.45) is 0 Å². The van der Waals surface area contributed by atoms with Crippen molar-refractivity contribution in [1.82, 2.24) is 10.0 Å². The van der Waals surface area contributed by atoms with Crippen LogP contribution in [0.15, 0.2) is 29.2 Å². The smallest absolute Gasteiger partial charge is 0.242 e. The molecular formula is C15H23N3O2S. The first-order valence-corrected chi connectivity index (χ1v) is 9.14. The van der Waals surface area contributed by atoms with Crippen LogP contribution in [0, 0.1) is 0 Å². The van der Waals surface area contributed by atoms with E-state index in [0.29, 0.717) is 22.7 Å². The van der Waals surface area contributed by atoms with Crippen LogP contribution >= 0.6 is 0 Å². The van der Waals surface area contributed by atoms with Crippen molar-refractivity contribution in [2.45, 2.75) is 55.6 Å². The number of piperidine rings is 1. The van der Waals surface area contributed by atoms with Crippen LogP contribution in [0.2, 0.25) is 0 Å². The zero-order valence-electron chi connectivity index (χ0n) is 12.3. The Labute approximate surface area is 126 Å². The van der Waals surface area contributed by atoms with Crippen LogP contribution in [0.1, 0.15) is 32.6 Å². The Balaban J connectivity index is 1.78. The number of hydrogen-bond donors (Lipinski definition) is 3. The Morgan fingerprint density at radius 1 is 1.14 bits per heavy atom. The van der Waals surface area contributed by atoms with Gasteiger partial charge >= 0.3 is 0 Å². The summed E-state index contributed by atoms with van der Waals surface area (Å²) in [5.74, 6) is 0. The number of anilines is 1. The number of para-hydroxylation sites is 1. The van der Waals surface area contributed by atoms with Gasteiger partial charge in [0, 0.05) is 18.1 Å². The molecule has 1 aliphatic carbocycles. The molecule has 3 rings (SSSR count). The second-order valence-corrected chi connectivity index (χ2v) is 7.79. The van der Waals surface area contributed by atoms with Gasteiger partial charge in [-0.1, -0.05) is 12.1 Å². The molecule has 1 aliphatic heterocycles. The van der Waals surface area contributed by atoms with Crippen molar-refractivity contribution in [2.75, 3.05) is 11.9 Å². The van der Waals surface area contributed by atoms with E-state index in [9.17, 15) is 8.42 Å². The van der Waals surface area contributed by atoms with Gasteiger partial charge in [0.15, 0.2) is 0 Å². The molecule has 5 nitrogen and oxygen atoms in total. The van der Waals surface area contributed by atoms with E-state index in [4.69, 9.17) is 0 Å². The Kier molecular flexibility index (Phi) is 4.19. The fraction of sp³-hybridized carbons (Fsp3) is 0.600. The minimum Gasteiger partial charge on any atom is -0.381 e. The van der Waals surface area contributed by atoms with Crippen LogP contribution in [-0.4, -0.2) is 33.1 Å². The Bertz CT molecular complexity index is 599. The lowest BCUT2D eigenvalue weighted by Gasteiger charge is -2.30. The van der Waals surface area contributed by atoms with Crippen LogP contribution in [0.5, 0.6) is 0 Å². The van der Waals surface area contributed by atoms with E-state index in [-0.39, 0.29) is 6.04 Å². The predicted octanol–water partition coefficient (Wildman–Crippen LogP) is 1.68. The number of rotatable bonds is 5. The molecule has 6 heteroatoms. The van der Waals surface area contributed by atoms with E-state index in [1.165, 1.54) is 0 Å². The van der Waals surface area contributed by atoms with Gasteiger partial charge in [0.05, 0.1) is 5.69 Å². The number of sulfonamides is 1. The van der Waals surface area contributed by atoms with Crippen LogP contribution in [0.25, 0.3) is 0 Å². The Hall–Kier alpha value is -1.11. The lowest BCUT2D eigenvalue weighted by molar-refractivity contribution is 0.396. The summed E-state index contributed by atoms with van der Waals surface area (Å²) in [4.78, 5) is 0.364. The van der Waals surface area contributed by atoms with E-state index in [0.717, 1.165) is 32.2 Å². The molecule has 2 aliphatic rings. The lowest BCUT2D eigenvalue weighted by Crippen LogP contribution is -2.41. The molecule has 1 aromatic rings. The summed E-state index contributed by atoms with van der Waals surface area (Å²) in [5, 5.41) is 6.83. The molecular weight excluding hydrogens is 286 g/mol. The number of nitrogens with one attached hydrogen (secondary N) is 3. The molecule has 1 heterocycles. The van der Waals surface area contributed by atoms with E-state index in [1.54, 1.807) is 12.1 Å². The van der Waals surface area contributed by atoms with Crippen molar-refractivity contribution >= 4 is 15.7 Å². The highest BCUT2D eigenvalue weighted by atomic mass is 32.2. The number of hydrogen-bond acceptors (Lipinski definition) is 4. The fourth-order valence-corrected chi connectivity index (χ4v) is 4.26. The van der Waals surface area contributed by atoms with Gasteiger partial charge in [-0.15, -0.1) is 0 Å². The highest BCUT2D eigenvalue weighted by Gasteiger charge is 2.29. The van der Waals surface area contributed by atoms with Gasteiger partial charge in [0.1, 0.15) is 4.90 Å². The van der Waals surface area contributed by atoms with Crippen LogP contribution in [0.3, 0.4) is 0 Å². The fourth-order valence-electron chi connectivity index (χ4n) is 2.79. The average Bonchev–Trinajstić information content (AvgIpc) is 3.22. The lowest BCUT2D eigenvalue weighted by atomic mass is 10.0. The molecule has 2 unspecified atom stereocenters. The molecule has 1 aromatic carbocycles. The average molecular weight is 309 g/mol. The maximum Gasteiger partial charge on any atom is 0.242 e. The van der Waals surface area contributed by atoms with Gasteiger partial charge in [-0.25, -0.2) is 13.1 Å². The molecule has 2 fully saturated rings. The van der Waals surface area contributed by atoms with Crippen molar-refractivity contribution in [3.05, 3.63) is 24.3 Å². The van der Waals surface area contributed by atoms with Crippen LogP contribution < -0.4 is 15.4 Å². The highest BCUT2D eigenvalue weighted by molar-refractivity contribution is 7.89. The van der Waals surface area contributed by atoms with Gasteiger partial charge in [-0.3, -0.25) is 0 Å². The topological polar surface area (TPSA) is 70.2 Å². The summed E-state index contributed by atoms with van der Waals surface area (Å²) in [7, 11) is -3.42. The first kappa shape index (κ1) is 14.8. The molecule has 0 radical (unpaired) electrons. The van der Waals surface area contributed by atoms with Crippen LogP contribution in [-0.2, 0) is 10.0 Å². The Morgan fingerprint density at radius 2 is 1.90 bits per heavy atom. The maximum absolute atomic E-state index is 12.4. The zero-order chi connectivity index (χ0) is 14.9. The van der Waals surface area contributed by atoms with E-state index < -0.39 is 10.0 Å². The first-order chi connectivity index (χ1) is 10.0. The second-order valence-electron chi connectivity index (χ2n) is 6.11. The molecule has 116 valence electrons. The van der Waals surface area contributed by atoms with Gasteiger partial charge in [-0.2, -0.15) is 0 Å². The molecule has 1 saturated heterocycles. The molecule has 2 atom stereocenters. The summed E-state index contributed by atoms with van der Waals surface area (Å²) in [5.41, 5.74) is 0.713. The first-order valence-electron chi connectivity index (χ1n) is 7.66. The normalized spacial score (nSPS) is 26.5. The highest BCUT2D eigenvalue weighted by Crippen LogP contribution is 2.27. The molecule has 3 N–H and O–H groups in total. The van der Waals surface area contributed by atoms with E-state index in [1.807, 2.05) is 12.1 Å². The standard InChI is InChI=1S/C15H23N3O2S/c1-11-10-13(8-9-16-11)17-14-4-2-3-5-15(14)21(19,20)18-12-6-7-12/h2-5,11-13,16-18H,6-10H2,1H3. The minimum atomic E-state index is -3.42. The summed E-state index contributed by atoms with van der Waals surface area (Å²) in [6.45, 7) is 3.12. The monoisotopic (exact) mass is 309 g/mol. The van der Waals surface area contributed by atoms with Gasteiger partial charge in [0.2, 0.25) is 10.0 Å². The SMILES string of the molecule is CC1CC(Nc2ccccc2S(=O)(=O)NC2CC2)CCN1. The largest absolute Gasteiger partial charge is 0.381 e. The maximum atomic E-state index is 12.4. The van der Waals surface area contributed by atoms with Crippen LogP contribution in [0.4, 0.5) is 5.69 Å². The Morgan fingerprint density at radius 3 is 2.62 bits per heavy atom. The summed E-state index contributed by atoms with van der Waals surface area (Å²) in [6, 6.07) is 8.09. The third-order valence-corrected chi connectivity index (χ3v) is 5.64. The minimum absolute atomic E-state index is 0.127. The predicted molar refractivity (Wildman–Crippen MR) is 83.9 cm³/mol. The van der Waals surface area contributed by atoms with Gasteiger partial charge < -0.3 is 10.6 Å². The number of benzene rings is 1. The van der Waals surface area contributed by atoms with Crippen molar-refractivity contribution in [1.29, 1.82) is 0 Å². The van der Waals surface area contributed by atoms with Gasteiger partial charge in [-0.05, 0) is 51.3 Å². The van der Waals surface area contributed by atoms with E-state index >= 15 is 0 Å². The van der Waals surface area contributed by atoms with E-state index in [2.05, 4.69) is 22.3 Å². The van der Waals surface area contributed by atoms with Crippen molar-refractivity contribution in [3.8, 4) is 0 Å².